The number of aryl methyl sites for hydroxylation is 1. The van der Waals surface area contributed by atoms with Gasteiger partial charge in [0, 0.05) is 61.3 Å². The average Bonchev–Trinajstić information content (AvgIpc) is 0.843. The van der Waals surface area contributed by atoms with Gasteiger partial charge in [0.25, 0.3) is 0 Å². The Balaban J connectivity index is 1.83. The third-order valence-electron chi connectivity index (χ3n) is 18.7. The van der Waals surface area contributed by atoms with Crippen molar-refractivity contribution in [2.24, 2.45) is 23.7 Å². The number of carbonyl (C=O) groups excluding carboxylic acids is 11. The second kappa shape index (κ2) is 32.7. The molecular formula is C64H101ClF3N11O11. The fraction of sp³-hybridized carbons (Fsp3) is 0.734. The topological polar surface area (TPSA) is 259 Å². The van der Waals surface area contributed by atoms with E-state index in [2.05, 4.69) is 21.3 Å². The van der Waals surface area contributed by atoms with Crippen LogP contribution in [-0.2, 0) is 65.3 Å². The van der Waals surface area contributed by atoms with Gasteiger partial charge < -0.3 is 55.6 Å². The van der Waals surface area contributed by atoms with Crippen LogP contribution in [0.25, 0.3) is 0 Å². The van der Waals surface area contributed by atoms with E-state index in [1.165, 1.54) is 105 Å². The number of hydrogen-bond donors (Lipinski definition) is 4. The molecule has 22 nitrogen and oxygen atoms in total. The van der Waals surface area contributed by atoms with Gasteiger partial charge >= 0.3 is 6.18 Å². The first-order valence-corrected chi connectivity index (χ1v) is 32.1. The highest BCUT2D eigenvalue weighted by atomic mass is 35.5. The molecule has 3 fully saturated rings. The summed E-state index contributed by atoms with van der Waals surface area (Å²) in [6.45, 7) is 18.1. The molecular weight excluding hydrogens is 1190 g/mol. The zero-order valence-electron chi connectivity index (χ0n) is 56.0. The van der Waals surface area contributed by atoms with E-state index in [1.54, 1.807) is 27.7 Å². The lowest BCUT2D eigenvalue weighted by molar-refractivity contribution is -0.158. The highest BCUT2D eigenvalue weighted by Gasteiger charge is 2.46. The molecule has 506 valence electrons. The van der Waals surface area contributed by atoms with Crippen molar-refractivity contribution >= 4 is 76.6 Å². The minimum atomic E-state index is -4.76. The van der Waals surface area contributed by atoms with Crippen LogP contribution in [0.2, 0.25) is 5.02 Å². The monoisotopic (exact) mass is 1290 g/mol. The first-order valence-electron chi connectivity index (χ1n) is 31.7. The van der Waals surface area contributed by atoms with Gasteiger partial charge in [-0.05, 0) is 115 Å². The third-order valence-corrected chi connectivity index (χ3v) is 19.0. The van der Waals surface area contributed by atoms with Gasteiger partial charge in [0.2, 0.25) is 65.0 Å². The maximum Gasteiger partial charge on any atom is 0.417 e. The Kier molecular flexibility index (Phi) is 27.5. The predicted octanol–water partition coefficient (Wildman–Crippen LogP) is 5.41. The van der Waals surface area contributed by atoms with Gasteiger partial charge in [0.05, 0.1) is 17.1 Å². The van der Waals surface area contributed by atoms with E-state index in [1.807, 2.05) is 20.8 Å². The fourth-order valence-corrected chi connectivity index (χ4v) is 11.8. The number of alkyl halides is 3. The van der Waals surface area contributed by atoms with Gasteiger partial charge in [-0.2, -0.15) is 13.2 Å². The molecule has 0 aromatic heterocycles. The summed E-state index contributed by atoms with van der Waals surface area (Å²) in [6, 6.07) is -7.30. The summed E-state index contributed by atoms with van der Waals surface area (Å²) < 4.78 is 41.3. The quantitative estimate of drug-likeness (QED) is 0.218. The van der Waals surface area contributed by atoms with Crippen LogP contribution in [0.5, 0.6) is 0 Å². The van der Waals surface area contributed by atoms with E-state index in [4.69, 9.17) is 11.6 Å². The number of nitrogens with zero attached hydrogens (tertiary/aromatic N) is 7. The van der Waals surface area contributed by atoms with Crippen molar-refractivity contribution in [3.8, 4) is 0 Å². The summed E-state index contributed by atoms with van der Waals surface area (Å²) in [6.07, 6.45) is 0.118. The van der Waals surface area contributed by atoms with Crippen LogP contribution in [0.3, 0.4) is 0 Å². The Morgan fingerprint density at radius 3 is 1.72 bits per heavy atom. The van der Waals surface area contributed by atoms with Gasteiger partial charge in [-0.1, -0.05) is 97.7 Å². The molecule has 1 saturated carbocycles. The number of nitrogens with one attached hydrogen (secondary N) is 4. The molecule has 4 N–H and O–H groups in total. The molecule has 10 atom stereocenters. The minimum absolute atomic E-state index is 0.0249. The predicted molar refractivity (Wildman–Crippen MR) is 335 cm³/mol. The molecule has 0 unspecified atom stereocenters. The normalized spacial score (nSPS) is 27.1. The number of rotatable bonds is 11. The second-order valence-corrected chi connectivity index (χ2v) is 27.1. The Morgan fingerprint density at radius 1 is 0.633 bits per heavy atom. The molecule has 4 rings (SSSR count). The number of fused-ring (bicyclic) bond motifs is 1. The molecule has 0 bridgehead atoms. The van der Waals surface area contributed by atoms with E-state index in [0.717, 1.165) is 49.1 Å². The highest BCUT2D eigenvalue weighted by molar-refractivity contribution is 6.31. The molecule has 3 aliphatic rings. The number of halogens is 4. The van der Waals surface area contributed by atoms with Crippen LogP contribution in [0.1, 0.15) is 164 Å². The van der Waals surface area contributed by atoms with Gasteiger partial charge in [-0.15, -0.1) is 0 Å². The molecule has 1 aliphatic carbocycles. The van der Waals surface area contributed by atoms with Crippen LogP contribution in [0, 0.1) is 23.7 Å². The Morgan fingerprint density at radius 2 is 1.19 bits per heavy atom. The minimum Gasteiger partial charge on any atom is -0.343 e. The molecule has 2 saturated heterocycles. The van der Waals surface area contributed by atoms with Crippen LogP contribution >= 0.6 is 11.6 Å². The lowest BCUT2D eigenvalue weighted by atomic mass is 9.84. The Hall–Kier alpha value is -6.53. The van der Waals surface area contributed by atoms with Crippen molar-refractivity contribution in [3.05, 3.63) is 34.3 Å². The summed E-state index contributed by atoms with van der Waals surface area (Å²) in [4.78, 5) is 168. The van der Waals surface area contributed by atoms with Crippen LogP contribution in [-0.4, -0.2) is 215 Å². The van der Waals surface area contributed by atoms with Crippen LogP contribution < -0.4 is 21.3 Å². The zero-order chi connectivity index (χ0) is 68.2. The fourth-order valence-electron chi connectivity index (χ4n) is 11.5. The molecule has 1 aromatic carbocycles. The van der Waals surface area contributed by atoms with E-state index < -0.39 is 154 Å². The standard InChI is InChI=1S/C64H101ClF3N11O11/c1-18-38(6)53-61(89)73(12)35-52(81)79-29-28-49(79)59(87)77(16)50(34-42-22-20-19-21-23-42)60(88)76(15)41(9)54(82)69-46(27-25-43-24-26-44(45(65)33-43)64(66,67)68)56(84)70-48(31-37(4)5)58(86)78(17)63(10,11)62(90)71-47(30-36(2)3)57(85)74(13)39(7)32-51(80)75(14)40(8)55(83)72-53/h24,26,33,36-42,46-50,53H,18-23,25,27-32,34-35H2,1-17H3,(H,69,82)(H,70,84)(H,71,90)(H,72,83)/t38-,39+,40-,41+,46-,47-,48-,49-,50-,53-/m0/s1. The smallest absolute Gasteiger partial charge is 0.343 e. The SMILES string of the molecule is CC[C@H](C)[C@@H]1NC(=O)[C@H](C)N(C)C(=O)C[C@@H](C)N(C)C(=O)[C@H](CC(C)C)NC(=O)C(C)(C)N(C)C(=O)[C@H](CC(C)C)NC(=O)[C@H](CCc2ccc(C(F)(F)F)c(Cl)c2)NC(=O)[C@@H](C)N(C)C(=O)[C@H](CC2CCCCC2)N(C)C(=O)[C@@H]2CCN2C(=O)CN(C)C1=O. The molecule has 2 heterocycles. The molecule has 0 radical (unpaired) electrons. The number of amides is 11. The second-order valence-electron chi connectivity index (χ2n) is 26.7. The van der Waals surface area contributed by atoms with E-state index in [0.29, 0.717) is 6.42 Å². The van der Waals surface area contributed by atoms with Gasteiger partial charge in [-0.25, -0.2) is 0 Å². The molecule has 26 heteroatoms. The lowest BCUT2D eigenvalue weighted by Crippen LogP contribution is -2.64. The van der Waals surface area contributed by atoms with E-state index in [9.17, 15) is 65.9 Å². The Bertz CT molecular complexity index is 2760. The van der Waals surface area contributed by atoms with Crippen molar-refractivity contribution < 1.29 is 65.9 Å². The van der Waals surface area contributed by atoms with Gasteiger partial charge in [0.1, 0.15) is 53.9 Å². The van der Waals surface area contributed by atoms with Crippen molar-refractivity contribution in [1.82, 2.24) is 55.6 Å². The van der Waals surface area contributed by atoms with Crippen molar-refractivity contribution in [3.63, 3.8) is 0 Å². The summed E-state index contributed by atoms with van der Waals surface area (Å²) >= 11 is 6.11. The van der Waals surface area contributed by atoms with Crippen molar-refractivity contribution in [2.45, 2.75) is 226 Å². The zero-order valence-corrected chi connectivity index (χ0v) is 56.7. The number of hydrogen-bond acceptors (Lipinski definition) is 11. The maximum atomic E-state index is 15.0. The average molecular weight is 1290 g/mol. The van der Waals surface area contributed by atoms with Gasteiger partial charge in [0.15, 0.2) is 0 Å². The summed E-state index contributed by atoms with van der Waals surface area (Å²) in [5.41, 5.74) is -2.49. The van der Waals surface area contributed by atoms with Crippen molar-refractivity contribution in [2.75, 3.05) is 55.4 Å². The molecule has 0 spiro atoms. The summed E-state index contributed by atoms with van der Waals surface area (Å²) in [5.74, 6) is -7.96. The van der Waals surface area contributed by atoms with Gasteiger partial charge in [-0.3, -0.25) is 52.7 Å². The lowest BCUT2D eigenvalue weighted by Gasteiger charge is -2.44. The number of likely N-dealkylation sites (N-methyl/N-ethyl adjacent to an activating group) is 6. The van der Waals surface area contributed by atoms with E-state index in [-0.39, 0.29) is 74.8 Å². The Labute approximate surface area is 535 Å². The van der Waals surface area contributed by atoms with Crippen LogP contribution in [0.4, 0.5) is 13.2 Å². The first-order chi connectivity index (χ1) is 41.8. The van der Waals surface area contributed by atoms with Crippen molar-refractivity contribution in [1.29, 1.82) is 0 Å². The molecule has 2 aliphatic heterocycles. The number of benzene rings is 1. The summed E-state index contributed by atoms with van der Waals surface area (Å²) in [7, 11) is 8.54. The maximum absolute atomic E-state index is 15.0. The van der Waals surface area contributed by atoms with Crippen LogP contribution in [0.15, 0.2) is 18.2 Å². The first kappa shape index (κ1) is 75.9. The van der Waals surface area contributed by atoms with E-state index >= 15 is 0 Å². The largest absolute Gasteiger partial charge is 0.417 e. The molecule has 90 heavy (non-hydrogen) atoms. The summed E-state index contributed by atoms with van der Waals surface area (Å²) in [5, 5.41) is 10.6. The molecule has 11 amide bonds. The third kappa shape index (κ3) is 19.5. The molecule has 1 aromatic rings. The highest BCUT2D eigenvalue weighted by Crippen LogP contribution is 2.36. The number of carbonyl (C=O) groups is 11.